The van der Waals surface area contributed by atoms with Crippen LogP contribution in [0.4, 0.5) is 22.0 Å². The fourth-order valence-electron chi connectivity index (χ4n) is 3.07. The molecule has 3 rings (SSSR count). The molecular formula is C21H19F5O4. The molecule has 3 unspecified atom stereocenters. The van der Waals surface area contributed by atoms with E-state index in [0.717, 1.165) is 18.2 Å². The van der Waals surface area contributed by atoms with E-state index in [9.17, 15) is 32.2 Å². The lowest BCUT2D eigenvalue weighted by atomic mass is 10.1. The average Bonchev–Trinajstić information content (AvgIpc) is 2.67. The molecular weight excluding hydrogens is 411 g/mol. The molecule has 4 nitrogen and oxygen atoms in total. The van der Waals surface area contributed by atoms with Crippen molar-refractivity contribution in [1.29, 1.82) is 0 Å². The lowest BCUT2D eigenvalue weighted by Gasteiger charge is -2.32. The number of benzene rings is 2. The number of hydrogen-bond donors (Lipinski definition) is 2. The van der Waals surface area contributed by atoms with Crippen LogP contribution < -0.4 is 4.74 Å². The van der Waals surface area contributed by atoms with Crippen LogP contribution in [-0.2, 0) is 10.9 Å². The minimum absolute atomic E-state index is 0.00314. The Morgan fingerprint density at radius 1 is 1.07 bits per heavy atom. The molecule has 0 radical (unpaired) electrons. The van der Waals surface area contributed by atoms with Crippen LogP contribution >= 0.6 is 0 Å². The van der Waals surface area contributed by atoms with E-state index in [-0.39, 0.29) is 30.8 Å². The predicted octanol–water partition coefficient (Wildman–Crippen LogP) is 4.39. The van der Waals surface area contributed by atoms with Gasteiger partial charge in [0.15, 0.2) is 11.6 Å². The lowest BCUT2D eigenvalue weighted by Crippen LogP contribution is -2.40. The molecule has 0 aromatic heterocycles. The molecule has 1 aliphatic rings. The number of aliphatic hydroxyl groups excluding tert-OH is 2. The summed E-state index contributed by atoms with van der Waals surface area (Å²) in [5.41, 5.74) is -0.438. The van der Waals surface area contributed by atoms with Gasteiger partial charge in [-0.2, -0.15) is 13.2 Å². The largest absolute Gasteiger partial charge is 0.461 e. The topological polar surface area (TPSA) is 58.9 Å². The third-order valence-corrected chi connectivity index (χ3v) is 4.53. The molecule has 0 spiro atoms. The number of rotatable bonds is 5. The molecule has 1 saturated heterocycles. The first-order valence-electron chi connectivity index (χ1n) is 9.11. The molecule has 30 heavy (non-hydrogen) atoms. The Labute approximate surface area is 169 Å². The van der Waals surface area contributed by atoms with Crippen molar-refractivity contribution in [2.75, 3.05) is 6.61 Å². The van der Waals surface area contributed by atoms with Crippen LogP contribution in [0.3, 0.4) is 0 Å². The summed E-state index contributed by atoms with van der Waals surface area (Å²) in [7, 11) is 0. The summed E-state index contributed by atoms with van der Waals surface area (Å²) in [6.07, 6.45) is -4.14. The molecule has 1 fully saturated rings. The quantitative estimate of drug-likeness (QED) is 0.546. The first-order valence-corrected chi connectivity index (χ1v) is 9.11. The van der Waals surface area contributed by atoms with Gasteiger partial charge in [0.1, 0.15) is 5.82 Å². The van der Waals surface area contributed by atoms with Gasteiger partial charge in [-0.3, -0.25) is 0 Å². The standard InChI is InChI=1S/C21H19F5O4/c22-15-7-13(4-1-12-2-5-14(6-3-12)21(24,25)26)20(18(23)8-15)30-19-10-16(28)9-17(11-27)29-19/h1-8,16-17,19,27-28H,9-11H2/b4-1+. The molecule has 0 saturated carbocycles. The Hall–Kier alpha value is -2.49. The van der Waals surface area contributed by atoms with Crippen LogP contribution in [0.15, 0.2) is 36.4 Å². The van der Waals surface area contributed by atoms with Crippen LogP contribution in [0.1, 0.15) is 29.5 Å². The number of halogens is 5. The molecule has 0 aliphatic carbocycles. The van der Waals surface area contributed by atoms with E-state index in [4.69, 9.17) is 9.47 Å². The Morgan fingerprint density at radius 3 is 2.40 bits per heavy atom. The highest BCUT2D eigenvalue weighted by Gasteiger charge is 2.31. The van der Waals surface area contributed by atoms with Gasteiger partial charge >= 0.3 is 6.18 Å². The minimum Gasteiger partial charge on any atom is -0.461 e. The van der Waals surface area contributed by atoms with Crippen LogP contribution in [0.2, 0.25) is 0 Å². The van der Waals surface area contributed by atoms with Crippen molar-refractivity contribution < 1.29 is 41.6 Å². The second-order valence-electron chi connectivity index (χ2n) is 6.87. The fraction of sp³-hybridized carbons (Fsp3) is 0.333. The van der Waals surface area contributed by atoms with Crippen molar-refractivity contribution in [1.82, 2.24) is 0 Å². The van der Waals surface area contributed by atoms with Crippen LogP contribution in [0, 0.1) is 11.6 Å². The summed E-state index contributed by atoms with van der Waals surface area (Å²) in [6, 6.07) is 5.87. The molecule has 2 aromatic carbocycles. The van der Waals surface area contributed by atoms with Crippen LogP contribution in [0.5, 0.6) is 5.75 Å². The maximum Gasteiger partial charge on any atom is 0.416 e. The number of hydrogen-bond acceptors (Lipinski definition) is 4. The van der Waals surface area contributed by atoms with E-state index in [1.807, 2.05) is 0 Å². The second kappa shape index (κ2) is 9.11. The Bertz CT molecular complexity index is 896. The highest BCUT2D eigenvalue weighted by molar-refractivity contribution is 5.72. The van der Waals surface area contributed by atoms with Gasteiger partial charge in [0.25, 0.3) is 0 Å². The van der Waals surface area contributed by atoms with Crippen LogP contribution in [0.25, 0.3) is 12.2 Å². The summed E-state index contributed by atoms with van der Waals surface area (Å²) in [4.78, 5) is 0. The molecule has 1 heterocycles. The molecule has 3 atom stereocenters. The predicted molar refractivity (Wildman–Crippen MR) is 98.3 cm³/mol. The number of ether oxygens (including phenoxy) is 2. The molecule has 1 aliphatic heterocycles. The van der Waals surface area contributed by atoms with Gasteiger partial charge < -0.3 is 19.7 Å². The third-order valence-electron chi connectivity index (χ3n) is 4.53. The molecule has 0 bridgehead atoms. The smallest absolute Gasteiger partial charge is 0.416 e. The summed E-state index contributed by atoms with van der Waals surface area (Å²) in [5, 5.41) is 19.1. The highest BCUT2D eigenvalue weighted by Crippen LogP contribution is 2.32. The summed E-state index contributed by atoms with van der Waals surface area (Å²) >= 11 is 0. The van der Waals surface area contributed by atoms with E-state index < -0.39 is 41.9 Å². The minimum atomic E-state index is -4.47. The maximum atomic E-state index is 14.4. The molecule has 162 valence electrons. The highest BCUT2D eigenvalue weighted by atomic mass is 19.4. The number of aliphatic hydroxyl groups is 2. The zero-order valence-corrected chi connectivity index (χ0v) is 15.6. The lowest BCUT2D eigenvalue weighted by molar-refractivity contribution is -0.185. The Morgan fingerprint density at radius 2 is 1.77 bits per heavy atom. The van der Waals surface area contributed by atoms with Gasteiger partial charge in [-0.1, -0.05) is 24.3 Å². The van der Waals surface area contributed by atoms with Gasteiger partial charge in [-0.05, 0) is 23.8 Å². The number of alkyl halides is 3. The van der Waals surface area contributed by atoms with E-state index >= 15 is 0 Å². The first kappa shape index (κ1) is 22.2. The monoisotopic (exact) mass is 430 g/mol. The molecule has 0 amide bonds. The van der Waals surface area contributed by atoms with Crippen molar-refractivity contribution in [2.24, 2.45) is 0 Å². The Kier molecular flexibility index (Phi) is 6.74. The van der Waals surface area contributed by atoms with Crippen molar-refractivity contribution in [2.45, 2.75) is 37.5 Å². The second-order valence-corrected chi connectivity index (χ2v) is 6.87. The van der Waals surface area contributed by atoms with E-state index in [1.165, 1.54) is 24.3 Å². The zero-order valence-electron chi connectivity index (χ0n) is 15.6. The zero-order chi connectivity index (χ0) is 21.9. The third kappa shape index (κ3) is 5.56. The van der Waals surface area contributed by atoms with Crippen molar-refractivity contribution in [3.63, 3.8) is 0 Å². The van der Waals surface area contributed by atoms with E-state index in [2.05, 4.69) is 0 Å². The van der Waals surface area contributed by atoms with Crippen molar-refractivity contribution in [3.05, 3.63) is 64.7 Å². The van der Waals surface area contributed by atoms with Crippen LogP contribution in [-0.4, -0.2) is 35.3 Å². The van der Waals surface area contributed by atoms with Gasteiger partial charge in [0.05, 0.1) is 24.4 Å². The van der Waals surface area contributed by atoms with Gasteiger partial charge in [0.2, 0.25) is 6.29 Å². The maximum absolute atomic E-state index is 14.4. The first-order chi connectivity index (χ1) is 14.2. The SMILES string of the molecule is OCC1CC(O)CC(Oc2c(F)cc(F)cc2/C=C/c2ccc(C(F)(F)F)cc2)O1. The van der Waals surface area contributed by atoms with Gasteiger partial charge in [-0.25, -0.2) is 8.78 Å². The fourth-order valence-corrected chi connectivity index (χ4v) is 3.07. The van der Waals surface area contributed by atoms with Crippen molar-refractivity contribution in [3.8, 4) is 5.75 Å². The summed E-state index contributed by atoms with van der Waals surface area (Å²) in [6.45, 7) is -0.358. The molecule has 9 heteroatoms. The van der Waals surface area contributed by atoms with Gasteiger partial charge in [-0.15, -0.1) is 0 Å². The summed E-state index contributed by atoms with van der Waals surface area (Å²) in [5.74, 6) is -2.22. The molecule has 2 aromatic rings. The average molecular weight is 430 g/mol. The van der Waals surface area contributed by atoms with E-state index in [0.29, 0.717) is 11.6 Å². The van der Waals surface area contributed by atoms with Gasteiger partial charge in [0, 0.05) is 24.5 Å². The Balaban J connectivity index is 1.83. The van der Waals surface area contributed by atoms with E-state index in [1.54, 1.807) is 0 Å². The normalized spacial score (nSPS) is 22.4. The summed E-state index contributed by atoms with van der Waals surface area (Å²) < 4.78 is 77.0. The van der Waals surface area contributed by atoms with Crippen molar-refractivity contribution >= 4 is 12.2 Å². The molecule has 2 N–H and O–H groups in total.